The first kappa shape index (κ1) is 18.0. The molecule has 2 rings (SSSR count). The van der Waals surface area contributed by atoms with E-state index in [0.29, 0.717) is 0 Å². The van der Waals surface area contributed by atoms with Crippen molar-refractivity contribution in [1.29, 1.82) is 0 Å². The summed E-state index contributed by atoms with van der Waals surface area (Å²) < 4.78 is 12.1. The molecule has 0 saturated carbocycles. The van der Waals surface area contributed by atoms with Crippen molar-refractivity contribution in [2.24, 2.45) is 0 Å². The molecule has 1 atom stereocenters. The van der Waals surface area contributed by atoms with E-state index in [0.717, 1.165) is 18.4 Å². The molecule has 0 radical (unpaired) electrons. The summed E-state index contributed by atoms with van der Waals surface area (Å²) >= 11 is 0. The summed E-state index contributed by atoms with van der Waals surface area (Å²) in [6.45, 7) is 10.1. The molecule has 1 unspecified atom stereocenters. The van der Waals surface area contributed by atoms with Gasteiger partial charge in [0, 0.05) is 5.82 Å². The molecule has 126 valence electrons. The SMILES string of the molecule is CCCc1ccc(C(CC(=O)O)B2OC(C)(C)C(C)(C)O2)cc1. The quantitative estimate of drug-likeness (QED) is 0.810. The average molecular weight is 318 g/mol. The maximum Gasteiger partial charge on any atom is 0.466 e. The minimum atomic E-state index is -0.845. The van der Waals surface area contributed by atoms with Crippen LogP contribution in [0.25, 0.3) is 0 Å². The van der Waals surface area contributed by atoms with Crippen molar-refractivity contribution in [3.8, 4) is 0 Å². The van der Waals surface area contributed by atoms with E-state index in [4.69, 9.17) is 9.31 Å². The second kappa shape index (κ2) is 6.66. The van der Waals surface area contributed by atoms with E-state index >= 15 is 0 Å². The monoisotopic (exact) mass is 318 g/mol. The van der Waals surface area contributed by atoms with E-state index in [1.54, 1.807) is 0 Å². The Morgan fingerprint density at radius 1 is 1.13 bits per heavy atom. The number of carbonyl (C=O) groups is 1. The predicted octanol–water partition coefficient (Wildman–Crippen LogP) is 3.83. The van der Waals surface area contributed by atoms with E-state index in [2.05, 4.69) is 19.1 Å². The molecule has 0 aliphatic carbocycles. The van der Waals surface area contributed by atoms with Crippen LogP contribution in [0.5, 0.6) is 0 Å². The fraction of sp³-hybridized carbons (Fsp3) is 0.611. The molecular formula is C18H27BO4. The van der Waals surface area contributed by atoms with Crippen LogP contribution in [0, 0.1) is 0 Å². The molecule has 1 heterocycles. The van der Waals surface area contributed by atoms with Crippen molar-refractivity contribution >= 4 is 13.1 Å². The van der Waals surface area contributed by atoms with Crippen molar-refractivity contribution in [3.05, 3.63) is 35.4 Å². The van der Waals surface area contributed by atoms with Crippen molar-refractivity contribution in [3.63, 3.8) is 0 Å². The molecule has 23 heavy (non-hydrogen) atoms. The molecule has 1 aliphatic rings. The first-order chi connectivity index (χ1) is 10.7. The number of rotatable bonds is 6. The number of hydrogen-bond acceptors (Lipinski definition) is 3. The lowest BCUT2D eigenvalue weighted by Crippen LogP contribution is -2.41. The number of benzene rings is 1. The Kier molecular flexibility index (Phi) is 5.22. The molecule has 1 N–H and O–H groups in total. The molecule has 0 aromatic heterocycles. The summed E-state index contributed by atoms with van der Waals surface area (Å²) in [6.07, 6.45) is 2.11. The average Bonchev–Trinajstić information content (AvgIpc) is 2.66. The Hall–Kier alpha value is -1.33. The second-order valence-corrected chi connectivity index (χ2v) is 7.32. The molecule has 4 nitrogen and oxygen atoms in total. The number of carboxylic acids is 1. The lowest BCUT2D eigenvalue weighted by Gasteiger charge is -2.32. The zero-order valence-electron chi connectivity index (χ0n) is 14.8. The van der Waals surface area contributed by atoms with Crippen LogP contribution in [-0.4, -0.2) is 29.4 Å². The van der Waals surface area contributed by atoms with E-state index in [1.807, 2.05) is 39.8 Å². The first-order valence-electron chi connectivity index (χ1n) is 8.32. The topological polar surface area (TPSA) is 55.8 Å². The maximum absolute atomic E-state index is 11.3. The van der Waals surface area contributed by atoms with E-state index in [9.17, 15) is 9.90 Å². The lowest BCUT2D eigenvalue weighted by atomic mass is 9.66. The Morgan fingerprint density at radius 2 is 1.65 bits per heavy atom. The third-order valence-electron chi connectivity index (χ3n) is 4.94. The van der Waals surface area contributed by atoms with Gasteiger partial charge in [-0.25, -0.2) is 0 Å². The van der Waals surface area contributed by atoms with Crippen molar-refractivity contribution < 1.29 is 19.2 Å². The van der Waals surface area contributed by atoms with E-state index < -0.39 is 24.3 Å². The molecular weight excluding hydrogens is 291 g/mol. The Balaban J connectivity index is 2.26. The van der Waals surface area contributed by atoms with Crippen molar-refractivity contribution in [2.75, 3.05) is 0 Å². The van der Waals surface area contributed by atoms with Gasteiger partial charge in [-0.15, -0.1) is 0 Å². The van der Waals surface area contributed by atoms with Crippen molar-refractivity contribution in [1.82, 2.24) is 0 Å². The van der Waals surface area contributed by atoms with Gasteiger partial charge in [-0.1, -0.05) is 37.6 Å². The smallest absolute Gasteiger partial charge is 0.466 e. The van der Waals surface area contributed by atoms with Gasteiger partial charge in [0.1, 0.15) is 0 Å². The van der Waals surface area contributed by atoms with Gasteiger partial charge < -0.3 is 14.4 Å². The second-order valence-electron chi connectivity index (χ2n) is 7.32. The van der Waals surface area contributed by atoms with Gasteiger partial charge in [-0.3, -0.25) is 4.79 Å². The summed E-state index contributed by atoms with van der Waals surface area (Å²) in [5.74, 6) is -1.16. The van der Waals surface area contributed by atoms with Gasteiger partial charge in [0.2, 0.25) is 0 Å². The Bertz CT molecular complexity index is 535. The number of aliphatic carboxylic acids is 1. The standard InChI is InChI=1S/C18H27BO4/c1-6-7-13-8-10-14(11-9-13)15(12-16(20)21)19-22-17(2,3)18(4,5)23-19/h8-11,15H,6-7,12H2,1-5H3,(H,20,21). The van der Waals surface area contributed by atoms with E-state index in [1.165, 1.54) is 5.56 Å². The van der Waals surface area contributed by atoms with Crippen LogP contribution >= 0.6 is 0 Å². The van der Waals surface area contributed by atoms with Crippen LogP contribution in [0.4, 0.5) is 0 Å². The fourth-order valence-electron chi connectivity index (χ4n) is 2.83. The van der Waals surface area contributed by atoms with Crippen LogP contribution < -0.4 is 0 Å². The molecule has 1 aromatic carbocycles. The van der Waals surface area contributed by atoms with Gasteiger partial charge in [-0.2, -0.15) is 0 Å². The van der Waals surface area contributed by atoms with Crippen LogP contribution in [0.2, 0.25) is 0 Å². The molecule has 1 aliphatic heterocycles. The maximum atomic E-state index is 11.3. The summed E-state index contributed by atoms with van der Waals surface area (Å²) in [6, 6.07) is 8.14. The molecule has 1 aromatic rings. The summed E-state index contributed by atoms with van der Waals surface area (Å²) in [5, 5.41) is 9.29. The Morgan fingerprint density at radius 3 is 2.09 bits per heavy atom. The van der Waals surface area contributed by atoms with Gasteiger partial charge in [0.05, 0.1) is 17.6 Å². The first-order valence-corrected chi connectivity index (χ1v) is 8.32. The lowest BCUT2D eigenvalue weighted by molar-refractivity contribution is -0.137. The molecule has 1 fully saturated rings. The van der Waals surface area contributed by atoms with Gasteiger partial charge >= 0.3 is 13.1 Å². The highest BCUT2D eigenvalue weighted by Gasteiger charge is 2.54. The zero-order valence-corrected chi connectivity index (χ0v) is 14.8. The van der Waals surface area contributed by atoms with Crippen LogP contribution in [0.1, 0.15) is 64.4 Å². The summed E-state index contributed by atoms with van der Waals surface area (Å²) in [7, 11) is -0.548. The largest absolute Gasteiger partial charge is 0.481 e. The minimum Gasteiger partial charge on any atom is -0.481 e. The summed E-state index contributed by atoms with van der Waals surface area (Å²) in [5.41, 5.74) is 1.29. The highest BCUT2D eigenvalue weighted by molar-refractivity contribution is 6.48. The molecule has 5 heteroatoms. The van der Waals surface area contributed by atoms with Crippen LogP contribution in [-0.2, 0) is 20.5 Å². The van der Waals surface area contributed by atoms with Gasteiger partial charge in [0.25, 0.3) is 0 Å². The van der Waals surface area contributed by atoms with Crippen molar-refractivity contribution in [2.45, 2.75) is 70.9 Å². The van der Waals surface area contributed by atoms with Crippen LogP contribution in [0.3, 0.4) is 0 Å². The third-order valence-corrected chi connectivity index (χ3v) is 4.94. The molecule has 0 spiro atoms. The summed E-state index contributed by atoms with van der Waals surface area (Å²) in [4.78, 5) is 11.3. The van der Waals surface area contributed by atoms with Gasteiger partial charge in [-0.05, 0) is 45.2 Å². The minimum absolute atomic E-state index is 0.00997. The van der Waals surface area contributed by atoms with Crippen LogP contribution in [0.15, 0.2) is 24.3 Å². The molecule has 0 bridgehead atoms. The normalized spacial score (nSPS) is 20.5. The molecule has 1 saturated heterocycles. The number of carboxylic acid groups (broad SMARTS) is 1. The Labute approximate surface area is 139 Å². The zero-order chi connectivity index (χ0) is 17.3. The molecule has 0 amide bonds. The number of hydrogen-bond donors (Lipinski definition) is 1. The predicted molar refractivity (Wildman–Crippen MR) is 91.5 cm³/mol. The fourth-order valence-corrected chi connectivity index (χ4v) is 2.83. The third kappa shape index (κ3) is 3.96. The van der Waals surface area contributed by atoms with Gasteiger partial charge in [0.15, 0.2) is 0 Å². The highest BCUT2D eigenvalue weighted by atomic mass is 16.7. The highest BCUT2D eigenvalue weighted by Crippen LogP contribution is 2.41. The van der Waals surface area contributed by atoms with E-state index in [-0.39, 0.29) is 12.2 Å². The number of aryl methyl sites for hydroxylation is 1.